The van der Waals surface area contributed by atoms with Crippen LogP contribution in [0, 0.1) is 0 Å². The maximum atomic E-state index is 4.53. The molecule has 0 atom stereocenters. The van der Waals surface area contributed by atoms with Gasteiger partial charge in [0.2, 0.25) is 0 Å². The van der Waals surface area contributed by atoms with Gasteiger partial charge in [0.25, 0.3) is 0 Å². The zero-order valence-corrected chi connectivity index (χ0v) is 15.6. The standard InChI is InChI=1S/C23H26N4/c1-3-8-20(9-4-1)10-7-13-26-14-16-27(17-15-26)19-22-18-24-23(25-22)21-11-5-2-6-12-21/h1-12,18H,13-17,19H2,(H,24,25)/b10-7+. The normalized spacial score (nSPS) is 16.1. The van der Waals surface area contributed by atoms with E-state index >= 15 is 0 Å². The first-order valence-corrected chi connectivity index (χ1v) is 9.62. The second-order valence-corrected chi connectivity index (χ2v) is 7.01. The molecule has 0 aliphatic carbocycles. The molecule has 0 unspecified atom stereocenters. The average Bonchev–Trinajstić information content (AvgIpc) is 3.19. The minimum atomic E-state index is 0.938. The van der Waals surface area contributed by atoms with E-state index < -0.39 is 0 Å². The van der Waals surface area contributed by atoms with Crippen LogP contribution in [0.4, 0.5) is 0 Å². The molecule has 1 saturated heterocycles. The number of aromatic amines is 1. The van der Waals surface area contributed by atoms with E-state index in [9.17, 15) is 0 Å². The Balaban J connectivity index is 1.24. The number of imidazole rings is 1. The third-order valence-electron chi connectivity index (χ3n) is 5.01. The van der Waals surface area contributed by atoms with Gasteiger partial charge in [-0.2, -0.15) is 0 Å². The van der Waals surface area contributed by atoms with Crippen LogP contribution in [0.1, 0.15) is 11.3 Å². The molecule has 3 aromatic rings. The van der Waals surface area contributed by atoms with E-state index in [1.807, 2.05) is 24.4 Å². The fraction of sp³-hybridized carbons (Fsp3) is 0.261. The number of nitrogens with zero attached hydrogens (tertiary/aromatic N) is 3. The Morgan fingerprint density at radius 2 is 1.52 bits per heavy atom. The van der Waals surface area contributed by atoms with Gasteiger partial charge in [-0.25, -0.2) is 4.98 Å². The van der Waals surface area contributed by atoms with Crippen LogP contribution in [0.25, 0.3) is 17.5 Å². The molecule has 4 rings (SSSR count). The molecule has 4 heteroatoms. The SMILES string of the molecule is C(=C\c1ccccc1)/CN1CCN(Cc2cnc(-c3ccccc3)[nH]2)CC1. The predicted octanol–water partition coefficient (Wildman–Crippen LogP) is 3.91. The summed E-state index contributed by atoms with van der Waals surface area (Å²) in [5.41, 5.74) is 3.59. The molecule has 27 heavy (non-hydrogen) atoms. The minimum absolute atomic E-state index is 0.938. The maximum absolute atomic E-state index is 4.53. The molecule has 0 spiro atoms. The van der Waals surface area contributed by atoms with Crippen molar-refractivity contribution < 1.29 is 0 Å². The molecule has 1 aromatic heterocycles. The van der Waals surface area contributed by atoms with E-state index in [1.165, 1.54) is 11.3 Å². The first kappa shape index (κ1) is 17.7. The van der Waals surface area contributed by atoms with Crippen LogP contribution in [0.3, 0.4) is 0 Å². The van der Waals surface area contributed by atoms with E-state index in [0.29, 0.717) is 0 Å². The Kier molecular flexibility index (Phi) is 5.77. The van der Waals surface area contributed by atoms with Crippen LogP contribution in [0.5, 0.6) is 0 Å². The summed E-state index contributed by atoms with van der Waals surface area (Å²) < 4.78 is 0. The van der Waals surface area contributed by atoms with Crippen LogP contribution in [0.2, 0.25) is 0 Å². The molecule has 1 fully saturated rings. The van der Waals surface area contributed by atoms with Gasteiger partial charge >= 0.3 is 0 Å². The highest BCUT2D eigenvalue weighted by atomic mass is 15.3. The zero-order valence-electron chi connectivity index (χ0n) is 15.6. The molecule has 0 amide bonds. The number of aromatic nitrogens is 2. The van der Waals surface area contributed by atoms with Crippen molar-refractivity contribution >= 4 is 6.08 Å². The summed E-state index contributed by atoms with van der Waals surface area (Å²) in [6.45, 7) is 6.37. The molecule has 1 aliphatic rings. The van der Waals surface area contributed by atoms with E-state index in [1.54, 1.807) is 0 Å². The van der Waals surface area contributed by atoms with E-state index in [2.05, 4.69) is 74.4 Å². The summed E-state index contributed by atoms with van der Waals surface area (Å²) in [6, 6.07) is 20.8. The van der Waals surface area contributed by atoms with Crippen molar-refractivity contribution in [3.63, 3.8) is 0 Å². The number of piperazine rings is 1. The highest BCUT2D eigenvalue weighted by Crippen LogP contribution is 2.16. The fourth-order valence-electron chi connectivity index (χ4n) is 3.46. The summed E-state index contributed by atoms with van der Waals surface area (Å²) in [4.78, 5) is 13.0. The molecule has 2 aromatic carbocycles. The Bertz CT molecular complexity index is 846. The highest BCUT2D eigenvalue weighted by molar-refractivity contribution is 5.54. The van der Waals surface area contributed by atoms with E-state index in [-0.39, 0.29) is 0 Å². The lowest BCUT2D eigenvalue weighted by atomic mass is 10.2. The van der Waals surface area contributed by atoms with Crippen LogP contribution in [-0.4, -0.2) is 52.5 Å². The number of hydrogen-bond acceptors (Lipinski definition) is 3. The Labute approximate surface area is 161 Å². The molecular formula is C23H26N4. The first-order valence-electron chi connectivity index (χ1n) is 9.62. The van der Waals surface area contributed by atoms with Crippen LogP contribution in [0.15, 0.2) is 72.9 Å². The Morgan fingerprint density at radius 1 is 0.852 bits per heavy atom. The molecule has 0 bridgehead atoms. The number of benzene rings is 2. The van der Waals surface area contributed by atoms with Crippen molar-refractivity contribution in [1.82, 2.24) is 19.8 Å². The smallest absolute Gasteiger partial charge is 0.137 e. The molecule has 0 radical (unpaired) electrons. The quantitative estimate of drug-likeness (QED) is 0.726. The summed E-state index contributed by atoms with van der Waals surface area (Å²) in [5.74, 6) is 0.954. The van der Waals surface area contributed by atoms with Crippen molar-refractivity contribution in [1.29, 1.82) is 0 Å². The van der Waals surface area contributed by atoms with E-state index in [0.717, 1.165) is 50.7 Å². The highest BCUT2D eigenvalue weighted by Gasteiger charge is 2.16. The average molecular weight is 358 g/mol. The number of H-pyrrole nitrogens is 1. The fourth-order valence-corrected chi connectivity index (χ4v) is 3.46. The summed E-state index contributed by atoms with van der Waals surface area (Å²) >= 11 is 0. The van der Waals surface area contributed by atoms with Gasteiger partial charge in [-0.15, -0.1) is 0 Å². The topological polar surface area (TPSA) is 35.2 Å². The van der Waals surface area contributed by atoms with Gasteiger partial charge in [0, 0.05) is 56.7 Å². The summed E-state index contributed by atoms with van der Waals surface area (Å²) in [7, 11) is 0. The van der Waals surface area contributed by atoms with Crippen LogP contribution < -0.4 is 0 Å². The molecule has 1 aliphatic heterocycles. The number of rotatable bonds is 6. The third kappa shape index (κ3) is 4.94. The van der Waals surface area contributed by atoms with Gasteiger partial charge < -0.3 is 4.98 Å². The Hall–Kier alpha value is -2.69. The molecular weight excluding hydrogens is 332 g/mol. The van der Waals surface area contributed by atoms with Gasteiger partial charge in [-0.3, -0.25) is 9.80 Å². The molecule has 138 valence electrons. The van der Waals surface area contributed by atoms with Crippen molar-refractivity contribution in [2.75, 3.05) is 32.7 Å². The second kappa shape index (κ2) is 8.80. The molecule has 1 N–H and O–H groups in total. The lowest BCUT2D eigenvalue weighted by molar-refractivity contribution is 0.136. The zero-order chi connectivity index (χ0) is 18.3. The summed E-state index contributed by atoms with van der Waals surface area (Å²) in [6.07, 6.45) is 6.45. The van der Waals surface area contributed by atoms with Crippen LogP contribution in [-0.2, 0) is 6.54 Å². The van der Waals surface area contributed by atoms with Crippen LogP contribution >= 0.6 is 0 Å². The number of nitrogens with one attached hydrogen (secondary N) is 1. The Morgan fingerprint density at radius 3 is 2.26 bits per heavy atom. The van der Waals surface area contributed by atoms with Gasteiger partial charge in [-0.1, -0.05) is 72.8 Å². The van der Waals surface area contributed by atoms with Crippen molar-refractivity contribution in [3.05, 3.63) is 84.2 Å². The third-order valence-corrected chi connectivity index (χ3v) is 5.01. The molecule has 0 saturated carbocycles. The largest absolute Gasteiger partial charge is 0.341 e. The predicted molar refractivity (Wildman–Crippen MR) is 111 cm³/mol. The van der Waals surface area contributed by atoms with Gasteiger partial charge in [0.1, 0.15) is 5.82 Å². The molecule has 4 nitrogen and oxygen atoms in total. The first-order chi connectivity index (χ1) is 13.4. The lowest BCUT2D eigenvalue weighted by Crippen LogP contribution is -2.45. The molecule has 2 heterocycles. The second-order valence-electron chi connectivity index (χ2n) is 7.01. The monoisotopic (exact) mass is 358 g/mol. The van der Waals surface area contributed by atoms with Crippen molar-refractivity contribution in [2.45, 2.75) is 6.54 Å². The maximum Gasteiger partial charge on any atom is 0.137 e. The lowest BCUT2D eigenvalue weighted by Gasteiger charge is -2.33. The number of hydrogen-bond donors (Lipinski definition) is 1. The van der Waals surface area contributed by atoms with Gasteiger partial charge in [0.15, 0.2) is 0 Å². The van der Waals surface area contributed by atoms with Crippen molar-refractivity contribution in [2.24, 2.45) is 0 Å². The minimum Gasteiger partial charge on any atom is -0.341 e. The summed E-state index contributed by atoms with van der Waals surface area (Å²) in [5, 5.41) is 0. The van der Waals surface area contributed by atoms with Gasteiger partial charge in [-0.05, 0) is 5.56 Å². The van der Waals surface area contributed by atoms with Crippen molar-refractivity contribution in [3.8, 4) is 11.4 Å². The van der Waals surface area contributed by atoms with Gasteiger partial charge in [0.05, 0.1) is 0 Å². The van der Waals surface area contributed by atoms with E-state index in [4.69, 9.17) is 0 Å².